The highest BCUT2D eigenvalue weighted by Gasteiger charge is 2.34. The van der Waals surface area contributed by atoms with Crippen molar-refractivity contribution in [3.63, 3.8) is 0 Å². The Kier molecular flexibility index (Phi) is 10.7. The zero-order valence-electron chi connectivity index (χ0n) is 24.6. The fourth-order valence-electron chi connectivity index (χ4n) is 5.35. The molecule has 42 heavy (non-hydrogen) atoms. The summed E-state index contributed by atoms with van der Waals surface area (Å²) in [6, 6.07) is 20.0. The van der Waals surface area contributed by atoms with E-state index in [1.165, 1.54) is 23.1 Å². The molecule has 4 rings (SSSR count). The summed E-state index contributed by atoms with van der Waals surface area (Å²) in [6.45, 7) is 5.41. The van der Waals surface area contributed by atoms with Crippen molar-refractivity contribution in [3.05, 3.63) is 94.5 Å². The highest BCUT2D eigenvalue weighted by Crippen LogP contribution is 2.27. The minimum atomic E-state index is -4.14. The molecule has 0 saturated heterocycles. The Hall–Kier alpha value is -3.36. The predicted molar refractivity (Wildman–Crippen MR) is 168 cm³/mol. The molecule has 0 heterocycles. The molecule has 0 bridgehead atoms. The van der Waals surface area contributed by atoms with E-state index in [9.17, 15) is 18.0 Å². The van der Waals surface area contributed by atoms with Crippen molar-refractivity contribution in [3.8, 4) is 0 Å². The van der Waals surface area contributed by atoms with Crippen molar-refractivity contribution in [1.82, 2.24) is 10.2 Å². The fourth-order valence-corrected chi connectivity index (χ4v) is 6.94. The van der Waals surface area contributed by atoms with E-state index in [2.05, 4.69) is 5.32 Å². The van der Waals surface area contributed by atoms with Gasteiger partial charge in [-0.1, -0.05) is 91.4 Å². The summed E-state index contributed by atoms with van der Waals surface area (Å²) >= 11 is 6.26. The maximum Gasteiger partial charge on any atom is 0.264 e. The van der Waals surface area contributed by atoms with Crippen LogP contribution in [0, 0.1) is 13.8 Å². The van der Waals surface area contributed by atoms with Crippen LogP contribution in [0.15, 0.2) is 77.7 Å². The zero-order valence-corrected chi connectivity index (χ0v) is 26.1. The summed E-state index contributed by atoms with van der Waals surface area (Å²) in [6.07, 6.45) is 5.53. The normalized spacial score (nSPS) is 14.7. The molecule has 1 atom stereocenters. The lowest BCUT2D eigenvalue weighted by atomic mass is 9.95. The van der Waals surface area contributed by atoms with Gasteiger partial charge in [-0.25, -0.2) is 8.42 Å². The number of sulfonamides is 1. The molecule has 9 heteroatoms. The van der Waals surface area contributed by atoms with E-state index < -0.39 is 28.5 Å². The van der Waals surface area contributed by atoms with Gasteiger partial charge in [-0.05, 0) is 69.0 Å². The summed E-state index contributed by atoms with van der Waals surface area (Å²) in [5.74, 6) is -0.683. The van der Waals surface area contributed by atoms with Crippen LogP contribution in [0.3, 0.4) is 0 Å². The number of halogens is 1. The van der Waals surface area contributed by atoms with E-state index in [-0.39, 0.29) is 29.1 Å². The molecule has 1 aliphatic carbocycles. The Morgan fingerprint density at radius 3 is 2.14 bits per heavy atom. The quantitative estimate of drug-likeness (QED) is 0.272. The molecule has 0 aromatic heterocycles. The molecule has 0 aliphatic heterocycles. The zero-order chi connectivity index (χ0) is 30.3. The first-order valence-corrected chi connectivity index (χ1v) is 16.4. The number of aryl methyl sites for hydroxylation is 2. The summed E-state index contributed by atoms with van der Waals surface area (Å²) in [5, 5.41) is 3.52. The molecule has 2 amide bonds. The minimum Gasteiger partial charge on any atom is -0.352 e. The van der Waals surface area contributed by atoms with Crippen molar-refractivity contribution in [2.45, 2.75) is 82.8 Å². The lowest BCUT2D eigenvalue weighted by Gasteiger charge is -2.34. The minimum absolute atomic E-state index is 0.0630. The van der Waals surface area contributed by atoms with Crippen molar-refractivity contribution >= 4 is 39.1 Å². The van der Waals surface area contributed by atoms with Crippen LogP contribution in [0.25, 0.3) is 0 Å². The van der Waals surface area contributed by atoms with Crippen molar-refractivity contribution in [2.75, 3.05) is 10.8 Å². The standard InChI is InChI=1S/C33H40ClN3O4S/c1-4-31(33(39)35-28-10-6-5-7-11-28)36(22-26-17-13-24(2)14-18-26)32(38)23-37(29-12-8-9-27(34)21-29)42(40,41)30-19-15-25(3)16-20-30/h8-9,12-21,28,31H,4-7,10-11,22-23H2,1-3H3,(H,35,39)/t31-/m0/s1. The number of amides is 2. The fraction of sp³-hybridized carbons (Fsp3) is 0.394. The van der Waals surface area contributed by atoms with Gasteiger partial charge in [0.05, 0.1) is 10.6 Å². The Bertz CT molecular complexity index is 1470. The number of hydrogen-bond donors (Lipinski definition) is 1. The van der Waals surface area contributed by atoms with Gasteiger partial charge in [-0.2, -0.15) is 0 Å². The SMILES string of the molecule is CC[C@@H](C(=O)NC1CCCCC1)N(Cc1ccc(C)cc1)C(=O)CN(c1cccc(Cl)c1)S(=O)(=O)c1ccc(C)cc1. The maximum atomic E-state index is 14.2. The maximum absolute atomic E-state index is 14.2. The van der Waals surface area contributed by atoms with Gasteiger partial charge in [0.15, 0.2) is 0 Å². The molecule has 1 fully saturated rings. The van der Waals surface area contributed by atoms with Gasteiger partial charge >= 0.3 is 0 Å². The number of rotatable bonds is 11. The van der Waals surface area contributed by atoms with Gasteiger partial charge in [0.2, 0.25) is 11.8 Å². The van der Waals surface area contributed by atoms with Crippen LogP contribution in [-0.4, -0.2) is 43.8 Å². The number of nitrogens with one attached hydrogen (secondary N) is 1. The van der Waals surface area contributed by atoms with Crippen LogP contribution in [0.5, 0.6) is 0 Å². The van der Waals surface area contributed by atoms with E-state index in [1.54, 1.807) is 30.3 Å². The van der Waals surface area contributed by atoms with E-state index >= 15 is 0 Å². The average molecular weight is 610 g/mol. The van der Waals surface area contributed by atoms with Crippen molar-refractivity contribution < 1.29 is 18.0 Å². The van der Waals surface area contributed by atoms with Crippen LogP contribution in [0.4, 0.5) is 5.69 Å². The van der Waals surface area contributed by atoms with E-state index in [4.69, 9.17) is 11.6 Å². The van der Waals surface area contributed by atoms with E-state index in [0.717, 1.165) is 53.1 Å². The van der Waals surface area contributed by atoms with Crippen LogP contribution < -0.4 is 9.62 Å². The number of hydrogen-bond acceptors (Lipinski definition) is 4. The largest absolute Gasteiger partial charge is 0.352 e. The molecular weight excluding hydrogens is 570 g/mol. The van der Waals surface area contributed by atoms with Gasteiger partial charge in [0.25, 0.3) is 10.0 Å². The monoisotopic (exact) mass is 609 g/mol. The number of anilines is 1. The molecular formula is C33H40ClN3O4S. The summed E-state index contributed by atoms with van der Waals surface area (Å²) in [7, 11) is -4.14. The van der Waals surface area contributed by atoms with Crippen LogP contribution >= 0.6 is 11.6 Å². The third kappa shape index (κ3) is 7.92. The molecule has 0 radical (unpaired) electrons. The number of carbonyl (C=O) groups excluding carboxylic acids is 2. The first-order valence-electron chi connectivity index (χ1n) is 14.6. The predicted octanol–water partition coefficient (Wildman–Crippen LogP) is 6.41. The Labute approximate surface area is 254 Å². The number of benzene rings is 3. The van der Waals surface area contributed by atoms with E-state index in [0.29, 0.717) is 11.4 Å². The smallest absolute Gasteiger partial charge is 0.264 e. The van der Waals surface area contributed by atoms with Gasteiger partial charge < -0.3 is 10.2 Å². The Balaban J connectivity index is 1.70. The molecule has 3 aromatic rings. The highest BCUT2D eigenvalue weighted by molar-refractivity contribution is 7.92. The second-order valence-electron chi connectivity index (χ2n) is 11.1. The van der Waals surface area contributed by atoms with Gasteiger partial charge in [0.1, 0.15) is 12.6 Å². The number of nitrogens with zero attached hydrogens (tertiary/aromatic N) is 2. The lowest BCUT2D eigenvalue weighted by Crippen LogP contribution is -2.54. The first-order chi connectivity index (χ1) is 20.1. The first kappa shape index (κ1) is 31.6. The van der Waals surface area contributed by atoms with Gasteiger partial charge in [-0.3, -0.25) is 13.9 Å². The van der Waals surface area contributed by atoms with Crippen molar-refractivity contribution in [2.24, 2.45) is 0 Å². The molecule has 224 valence electrons. The third-order valence-corrected chi connectivity index (χ3v) is 9.82. The molecule has 7 nitrogen and oxygen atoms in total. The average Bonchev–Trinajstić information content (AvgIpc) is 2.97. The topological polar surface area (TPSA) is 86.8 Å². The Morgan fingerprint density at radius 1 is 0.929 bits per heavy atom. The molecule has 0 spiro atoms. The highest BCUT2D eigenvalue weighted by atomic mass is 35.5. The van der Waals surface area contributed by atoms with Crippen LogP contribution in [0.2, 0.25) is 5.02 Å². The second kappa shape index (κ2) is 14.2. The lowest BCUT2D eigenvalue weighted by molar-refractivity contribution is -0.140. The van der Waals surface area contributed by atoms with E-state index in [1.807, 2.05) is 45.0 Å². The molecule has 1 saturated carbocycles. The molecule has 1 N–H and O–H groups in total. The summed E-state index contributed by atoms with van der Waals surface area (Å²) < 4.78 is 29.0. The molecule has 0 unspecified atom stereocenters. The summed E-state index contributed by atoms with van der Waals surface area (Å²) in [4.78, 5) is 29.4. The number of carbonyl (C=O) groups is 2. The molecule has 1 aliphatic rings. The van der Waals surface area contributed by atoms with Gasteiger partial charge in [0, 0.05) is 17.6 Å². The van der Waals surface area contributed by atoms with Crippen LogP contribution in [-0.2, 0) is 26.2 Å². The third-order valence-electron chi connectivity index (χ3n) is 7.80. The second-order valence-corrected chi connectivity index (χ2v) is 13.4. The molecule has 3 aromatic carbocycles. The van der Waals surface area contributed by atoms with Crippen molar-refractivity contribution in [1.29, 1.82) is 0 Å². The van der Waals surface area contributed by atoms with Crippen LogP contribution in [0.1, 0.15) is 62.1 Å². The summed E-state index contributed by atoms with van der Waals surface area (Å²) in [5.41, 5.74) is 3.12. The Morgan fingerprint density at radius 2 is 1.55 bits per heavy atom. The van der Waals surface area contributed by atoms with Gasteiger partial charge in [-0.15, -0.1) is 0 Å².